The Labute approximate surface area is 155 Å². The Balaban J connectivity index is 1.46. The summed E-state index contributed by atoms with van der Waals surface area (Å²) in [5.41, 5.74) is 1.78. The van der Waals surface area contributed by atoms with Gasteiger partial charge in [-0.1, -0.05) is 28.1 Å². The molecule has 2 heterocycles. The van der Waals surface area contributed by atoms with Crippen LogP contribution in [0.15, 0.2) is 53.3 Å². The summed E-state index contributed by atoms with van der Waals surface area (Å²) in [5.74, 6) is 0.0658. The number of pyridine rings is 1. The lowest BCUT2D eigenvalue weighted by Crippen LogP contribution is -2.48. The first-order valence-corrected chi connectivity index (χ1v) is 9.14. The SMILES string of the molecule is O=C(CCC(=O)N1CCN(c2ccncc2)CC1)c1ccc(Br)cc1. The van der Waals surface area contributed by atoms with E-state index in [1.165, 1.54) is 0 Å². The number of ketones is 1. The van der Waals surface area contributed by atoms with E-state index < -0.39 is 0 Å². The molecule has 0 saturated carbocycles. The highest BCUT2D eigenvalue weighted by Crippen LogP contribution is 2.16. The van der Waals surface area contributed by atoms with E-state index in [4.69, 9.17) is 0 Å². The summed E-state index contributed by atoms with van der Waals surface area (Å²) in [6, 6.07) is 11.2. The third-order valence-corrected chi connectivity index (χ3v) is 4.92. The van der Waals surface area contributed by atoms with Gasteiger partial charge < -0.3 is 9.80 Å². The Morgan fingerprint density at radius 1 is 0.920 bits per heavy atom. The van der Waals surface area contributed by atoms with Crippen molar-refractivity contribution in [1.29, 1.82) is 0 Å². The lowest BCUT2D eigenvalue weighted by Gasteiger charge is -2.36. The number of nitrogens with zero attached hydrogens (tertiary/aromatic N) is 3. The van der Waals surface area contributed by atoms with Crippen molar-refractivity contribution in [2.75, 3.05) is 31.1 Å². The molecule has 0 unspecified atom stereocenters. The molecule has 3 rings (SSSR count). The number of aromatic nitrogens is 1. The number of Topliss-reactive ketones (excluding diaryl/α,β-unsaturated/α-hetero) is 1. The monoisotopic (exact) mass is 401 g/mol. The predicted molar refractivity (Wildman–Crippen MR) is 101 cm³/mol. The van der Waals surface area contributed by atoms with Gasteiger partial charge in [-0.15, -0.1) is 0 Å². The Bertz CT molecular complexity index is 726. The van der Waals surface area contributed by atoms with E-state index in [2.05, 4.69) is 25.8 Å². The topological polar surface area (TPSA) is 53.5 Å². The van der Waals surface area contributed by atoms with E-state index in [1.807, 2.05) is 29.2 Å². The minimum Gasteiger partial charge on any atom is -0.368 e. The first-order valence-electron chi connectivity index (χ1n) is 8.35. The summed E-state index contributed by atoms with van der Waals surface area (Å²) in [4.78, 5) is 32.7. The number of halogens is 1. The Morgan fingerprint density at radius 2 is 1.56 bits per heavy atom. The fourth-order valence-electron chi connectivity index (χ4n) is 2.93. The summed E-state index contributed by atoms with van der Waals surface area (Å²) >= 11 is 3.35. The molecule has 0 bridgehead atoms. The van der Waals surface area contributed by atoms with Gasteiger partial charge in [-0.2, -0.15) is 0 Å². The van der Waals surface area contributed by atoms with E-state index in [9.17, 15) is 9.59 Å². The molecule has 1 amide bonds. The number of piperazine rings is 1. The molecule has 1 aromatic heterocycles. The molecule has 0 radical (unpaired) electrons. The van der Waals surface area contributed by atoms with Crippen LogP contribution in [0.5, 0.6) is 0 Å². The number of carbonyl (C=O) groups is 2. The summed E-state index contributed by atoms with van der Waals surface area (Å²) < 4.78 is 0.937. The minimum atomic E-state index is 0.0104. The van der Waals surface area contributed by atoms with Crippen LogP contribution in [0.1, 0.15) is 23.2 Å². The maximum Gasteiger partial charge on any atom is 0.223 e. The second kappa shape index (κ2) is 8.25. The molecule has 1 fully saturated rings. The average Bonchev–Trinajstić information content (AvgIpc) is 2.67. The first kappa shape index (κ1) is 17.6. The molecule has 0 N–H and O–H groups in total. The second-order valence-corrected chi connectivity index (χ2v) is 6.92. The Kier molecular flexibility index (Phi) is 5.81. The number of amides is 1. The van der Waals surface area contributed by atoms with Gasteiger partial charge in [0.15, 0.2) is 5.78 Å². The van der Waals surface area contributed by atoms with Crippen molar-refractivity contribution >= 4 is 33.3 Å². The van der Waals surface area contributed by atoms with Gasteiger partial charge in [0.25, 0.3) is 0 Å². The van der Waals surface area contributed by atoms with Crippen LogP contribution < -0.4 is 4.90 Å². The number of hydrogen-bond acceptors (Lipinski definition) is 4. The number of benzene rings is 1. The van der Waals surface area contributed by atoms with Gasteiger partial charge in [-0.3, -0.25) is 14.6 Å². The van der Waals surface area contributed by atoms with Crippen molar-refractivity contribution in [2.45, 2.75) is 12.8 Å². The molecule has 1 aliphatic rings. The van der Waals surface area contributed by atoms with Gasteiger partial charge in [0.1, 0.15) is 0 Å². The van der Waals surface area contributed by atoms with Gasteiger partial charge in [0.2, 0.25) is 5.91 Å². The van der Waals surface area contributed by atoms with Crippen LogP contribution in [0.2, 0.25) is 0 Å². The van der Waals surface area contributed by atoms with Crippen LogP contribution in [0.25, 0.3) is 0 Å². The maximum atomic E-state index is 12.4. The zero-order chi connectivity index (χ0) is 17.6. The highest BCUT2D eigenvalue weighted by molar-refractivity contribution is 9.10. The normalized spacial score (nSPS) is 14.4. The van der Waals surface area contributed by atoms with E-state index in [0.717, 1.165) is 23.2 Å². The number of anilines is 1. The fraction of sp³-hybridized carbons (Fsp3) is 0.316. The number of carbonyl (C=O) groups excluding carboxylic acids is 2. The minimum absolute atomic E-state index is 0.0104. The van der Waals surface area contributed by atoms with Crippen LogP contribution in [0.4, 0.5) is 5.69 Å². The van der Waals surface area contributed by atoms with Crippen molar-refractivity contribution < 1.29 is 9.59 Å². The van der Waals surface area contributed by atoms with Crippen LogP contribution in [0, 0.1) is 0 Å². The van der Waals surface area contributed by atoms with E-state index in [1.54, 1.807) is 24.5 Å². The largest absolute Gasteiger partial charge is 0.368 e. The molecule has 2 aromatic rings. The van der Waals surface area contributed by atoms with Gasteiger partial charge >= 0.3 is 0 Å². The summed E-state index contributed by atoms with van der Waals surface area (Å²) in [6.07, 6.45) is 4.08. The molecule has 6 heteroatoms. The fourth-order valence-corrected chi connectivity index (χ4v) is 3.19. The van der Waals surface area contributed by atoms with Gasteiger partial charge in [-0.25, -0.2) is 0 Å². The Hall–Kier alpha value is -2.21. The molecule has 0 spiro atoms. The third kappa shape index (κ3) is 4.66. The third-order valence-electron chi connectivity index (χ3n) is 4.39. The summed E-state index contributed by atoms with van der Waals surface area (Å²) in [6.45, 7) is 2.98. The van der Waals surface area contributed by atoms with Crippen LogP contribution in [0.3, 0.4) is 0 Å². The van der Waals surface area contributed by atoms with Gasteiger partial charge in [0.05, 0.1) is 0 Å². The van der Waals surface area contributed by atoms with Crippen LogP contribution in [-0.4, -0.2) is 47.8 Å². The zero-order valence-electron chi connectivity index (χ0n) is 13.9. The summed E-state index contributed by atoms with van der Waals surface area (Å²) in [5, 5.41) is 0. The van der Waals surface area contributed by atoms with E-state index in [0.29, 0.717) is 18.7 Å². The highest BCUT2D eigenvalue weighted by atomic mass is 79.9. The molecule has 5 nitrogen and oxygen atoms in total. The van der Waals surface area contributed by atoms with E-state index in [-0.39, 0.29) is 24.5 Å². The molecular formula is C19H20BrN3O2. The quantitative estimate of drug-likeness (QED) is 0.722. The van der Waals surface area contributed by atoms with E-state index >= 15 is 0 Å². The van der Waals surface area contributed by atoms with Crippen molar-refractivity contribution in [3.05, 3.63) is 58.8 Å². The van der Waals surface area contributed by atoms with Crippen LogP contribution >= 0.6 is 15.9 Å². The predicted octanol–water partition coefficient (Wildman–Crippen LogP) is 3.16. The lowest BCUT2D eigenvalue weighted by molar-refractivity contribution is -0.131. The van der Waals surface area contributed by atoms with Gasteiger partial charge in [-0.05, 0) is 24.3 Å². The standard InChI is InChI=1S/C19H20BrN3O2/c20-16-3-1-15(2-4-16)18(24)5-6-19(25)23-13-11-22(12-14-23)17-7-9-21-10-8-17/h1-4,7-10H,5-6,11-14H2. The smallest absolute Gasteiger partial charge is 0.223 e. The molecule has 0 atom stereocenters. The Morgan fingerprint density at radius 3 is 2.20 bits per heavy atom. The molecule has 130 valence electrons. The van der Waals surface area contributed by atoms with Crippen molar-refractivity contribution in [3.8, 4) is 0 Å². The molecular weight excluding hydrogens is 382 g/mol. The lowest BCUT2D eigenvalue weighted by atomic mass is 10.1. The average molecular weight is 402 g/mol. The van der Waals surface area contributed by atoms with Crippen molar-refractivity contribution in [2.24, 2.45) is 0 Å². The molecule has 25 heavy (non-hydrogen) atoms. The molecule has 1 aliphatic heterocycles. The van der Waals surface area contributed by atoms with Crippen LogP contribution in [-0.2, 0) is 4.79 Å². The van der Waals surface area contributed by atoms with Crippen molar-refractivity contribution in [1.82, 2.24) is 9.88 Å². The zero-order valence-corrected chi connectivity index (χ0v) is 15.5. The molecule has 0 aliphatic carbocycles. The van der Waals surface area contributed by atoms with Gasteiger partial charge in [0, 0.05) is 67.1 Å². The molecule has 1 aromatic carbocycles. The van der Waals surface area contributed by atoms with Crippen molar-refractivity contribution in [3.63, 3.8) is 0 Å². The number of hydrogen-bond donors (Lipinski definition) is 0. The highest BCUT2D eigenvalue weighted by Gasteiger charge is 2.21. The number of rotatable bonds is 5. The maximum absolute atomic E-state index is 12.4. The first-order chi connectivity index (χ1) is 12.1. The second-order valence-electron chi connectivity index (χ2n) is 6.00. The molecule has 1 saturated heterocycles. The summed E-state index contributed by atoms with van der Waals surface area (Å²) in [7, 11) is 0.